The number of hydrogen-bond acceptors (Lipinski definition) is 17. The molecule has 5 aromatic rings. The maximum atomic E-state index is 14.2. The normalized spacial score (nSPS) is 19.8. The van der Waals surface area contributed by atoms with Gasteiger partial charge in [-0.05, 0) is 96.0 Å². The molecule has 1 fully saturated rings. The molecule has 5 atom stereocenters. The van der Waals surface area contributed by atoms with Crippen molar-refractivity contribution in [3.8, 4) is 28.7 Å². The number of hydrogen-bond donors (Lipinski definition) is 5. The van der Waals surface area contributed by atoms with Crippen molar-refractivity contribution in [1.82, 2.24) is 25.4 Å². The zero-order valence-electron chi connectivity index (χ0n) is 51.2. The number of methoxy groups -OCH3 is 3. The van der Waals surface area contributed by atoms with Gasteiger partial charge in [0.2, 0.25) is 23.6 Å². The van der Waals surface area contributed by atoms with Crippen molar-refractivity contribution in [2.75, 3.05) is 68.5 Å². The number of carbonyl (C=O) groups is 7. The van der Waals surface area contributed by atoms with E-state index in [9.17, 15) is 33.6 Å². The monoisotopic (exact) mass is 1270 g/mol. The fourth-order valence-electron chi connectivity index (χ4n) is 11.6. The van der Waals surface area contributed by atoms with Crippen molar-refractivity contribution < 1.29 is 57.2 Å². The summed E-state index contributed by atoms with van der Waals surface area (Å²) in [6.45, 7) is 3.61. The summed E-state index contributed by atoms with van der Waals surface area (Å²) in [5, 5.41) is 14.7. The molecule has 0 saturated heterocycles. The van der Waals surface area contributed by atoms with Crippen LogP contribution in [-0.2, 0) is 19.2 Å². The van der Waals surface area contributed by atoms with E-state index < -0.39 is 29.7 Å². The number of nitrogens with zero attached hydrogens (tertiary/aromatic N) is 5. The molecule has 22 nitrogen and oxygen atoms in total. The number of benzene rings is 4. The van der Waals surface area contributed by atoms with E-state index in [0.717, 1.165) is 53.7 Å². The Balaban J connectivity index is 0.651. The highest BCUT2D eigenvalue weighted by Gasteiger charge is 2.36. The lowest BCUT2D eigenvalue weighted by atomic mass is 10.00. The summed E-state index contributed by atoms with van der Waals surface area (Å²) in [5.41, 5.74) is 5.93. The Hall–Kier alpha value is -9.16. The first-order valence-electron chi connectivity index (χ1n) is 30.4. The lowest BCUT2D eigenvalue weighted by molar-refractivity contribution is -0.126. The van der Waals surface area contributed by atoms with Crippen molar-refractivity contribution in [1.29, 1.82) is 0 Å². The highest BCUT2D eigenvalue weighted by molar-refractivity contribution is 8.00. The number of aliphatic imine (C=N–C) groups is 2. The van der Waals surface area contributed by atoms with E-state index in [0.29, 0.717) is 92.5 Å². The Morgan fingerprint density at radius 1 is 0.659 bits per heavy atom. The summed E-state index contributed by atoms with van der Waals surface area (Å²) in [6.07, 6.45) is 13.7. The number of aromatic nitrogens is 1. The number of anilines is 3. The molecule has 4 bridgehead atoms. The minimum atomic E-state index is -1.05. The van der Waals surface area contributed by atoms with Crippen molar-refractivity contribution in [2.24, 2.45) is 15.9 Å². The molecule has 0 spiro atoms. The zero-order chi connectivity index (χ0) is 63.7. The minimum absolute atomic E-state index is 0.0703. The number of thioether (sulfide) groups is 2. The van der Waals surface area contributed by atoms with E-state index in [1.54, 1.807) is 109 Å². The van der Waals surface area contributed by atoms with Crippen molar-refractivity contribution in [3.63, 3.8) is 0 Å². The van der Waals surface area contributed by atoms with Gasteiger partial charge in [0.05, 0.1) is 75.7 Å². The largest absolute Gasteiger partial charge is 0.497 e. The molecule has 91 heavy (non-hydrogen) atoms. The lowest BCUT2D eigenvalue weighted by Crippen LogP contribution is -2.51. The standard InChI is InChI=1S/C67H72N10O12S2/c1-38(2)63(75-64(81)41-26-58-72-59(27-41)74-61(79)19-23-91-49-9-6-8-48(28-49)90-22-18-60(78)73-58)65(82)70-35-62(80)71-44-14-10-39(11-15-44)42-24-45-33-68-52-31-56(54(86-4)29-50(52)66(83)76(45)36-42)88-20-7-21-89-57-32-53-51(30-55(57)87-5)67(84)77-37-43(25-46(77)34-69-53)40-12-16-47(85-3)17-13-40/h10-17,26-27,29-34,36-38,45-46,48-49,63H,6-9,18-25,28,35H2,1-5H3,(H,70,82)(H,71,80)(H,75,81)(H2,72,73,74,78,79). The average Bonchev–Trinajstić information content (AvgIpc) is 1.71. The zero-order valence-corrected chi connectivity index (χ0v) is 52.8. The summed E-state index contributed by atoms with van der Waals surface area (Å²) in [5.74, 6) is 0.714. The van der Waals surface area contributed by atoms with Crippen LogP contribution >= 0.6 is 23.5 Å². The molecule has 1 aliphatic carbocycles. The van der Waals surface area contributed by atoms with Crippen LogP contribution in [0.2, 0.25) is 0 Å². The minimum Gasteiger partial charge on any atom is -0.497 e. The fraction of sp³-hybridized carbons (Fsp3) is 0.373. The third-order valence-corrected chi connectivity index (χ3v) is 19.1. The predicted octanol–water partition coefficient (Wildman–Crippen LogP) is 9.86. The number of rotatable bonds is 18. The molecule has 5 aliphatic heterocycles. The average molecular weight is 1270 g/mol. The molecule has 7 amide bonds. The number of nitrogens with one attached hydrogen (secondary N) is 5. The second kappa shape index (κ2) is 28.8. The molecular weight excluding hydrogens is 1200 g/mol. The van der Waals surface area contributed by atoms with Crippen molar-refractivity contribution in [3.05, 3.63) is 125 Å². The summed E-state index contributed by atoms with van der Waals surface area (Å²) < 4.78 is 29.0. The molecule has 5 N–H and O–H groups in total. The molecule has 1 saturated carbocycles. The van der Waals surface area contributed by atoms with Crippen LogP contribution in [0.25, 0.3) is 11.1 Å². The number of amides is 7. The van der Waals surface area contributed by atoms with Crippen LogP contribution in [0.3, 0.4) is 0 Å². The number of pyridine rings is 1. The van der Waals surface area contributed by atoms with E-state index in [1.165, 1.54) is 26.4 Å². The van der Waals surface area contributed by atoms with Gasteiger partial charge in [0.1, 0.15) is 23.4 Å². The first kappa shape index (κ1) is 63.4. The van der Waals surface area contributed by atoms with E-state index in [4.69, 9.17) is 33.7 Å². The van der Waals surface area contributed by atoms with Crippen LogP contribution in [0.4, 0.5) is 28.7 Å². The molecule has 24 heteroatoms. The van der Waals surface area contributed by atoms with Crippen LogP contribution in [-0.4, -0.2) is 150 Å². The maximum Gasteiger partial charge on any atom is 0.260 e. The third-order valence-electron chi connectivity index (χ3n) is 16.5. The quantitative estimate of drug-likeness (QED) is 0.0511. The van der Waals surface area contributed by atoms with Crippen molar-refractivity contribution in [2.45, 2.75) is 100 Å². The smallest absolute Gasteiger partial charge is 0.260 e. The molecule has 1 aromatic heterocycles. The topological polar surface area (TPSA) is 270 Å². The molecule has 6 heterocycles. The predicted molar refractivity (Wildman–Crippen MR) is 352 cm³/mol. The van der Waals surface area contributed by atoms with Crippen LogP contribution in [0, 0.1) is 5.92 Å². The summed E-state index contributed by atoms with van der Waals surface area (Å²) in [7, 11) is 4.65. The van der Waals surface area contributed by atoms with Crippen LogP contribution in [0.5, 0.6) is 28.7 Å². The SMILES string of the molecule is COc1ccc(C2=CN3C(=O)c4cc(OC)c(OCCCOc5cc6c(cc5OC)C(=O)N5C=C(c7ccc(NC(=O)CNC(=O)C(NC(=O)c8cc9nc(c8)NC(=O)CCSC8CCCC(C8)SCCC(=O)N9)C(C)C)cc7)CC5C=N6)cc4N=CC3C2)cc1. The van der Waals surface area contributed by atoms with Gasteiger partial charge < -0.3 is 60.1 Å². The Labute approximate surface area is 535 Å². The van der Waals surface area contributed by atoms with Gasteiger partial charge in [0, 0.05) is 102 Å². The summed E-state index contributed by atoms with van der Waals surface area (Å²) in [6, 6.07) is 22.7. The van der Waals surface area contributed by atoms with Gasteiger partial charge in [-0.1, -0.05) is 44.5 Å². The summed E-state index contributed by atoms with van der Waals surface area (Å²) >= 11 is 3.60. The van der Waals surface area contributed by atoms with E-state index in [1.807, 2.05) is 42.6 Å². The molecule has 4 aromatic carbocycles. The molecule has 5 unspecified atom stereocenters. The van der Waals surface area contributed by atoms with Crippen LogP contribution in [0.15, 0.2) is 107 Å². The highest BCUT2D eigenvalue weighted by Crippen LogP contribution is 2.43. The second-order valence-electron chi connectivity index (χ2n) is 23.1. The van der Waals surface area contributed by atoms with Gasteiger partial charge >= 0.3 is 0 Å². The van der Waals surface area contributed by atoms with Gasteiger partial charge in [0.15, 0.2) is 23.0 Å². The highest BCUT2D eigenvalue weighted by atomic mass is 32.2. The molecule has 11 rings (SSSR count). The first-order chi connectivity index (χ1) is 44.1. The van der Waals surface area contributed by atoms with Crippen molar-refractivity contribution >= 4 is 117 Å². The Morgan fingerprint density at radius 2 is 1.18 bits per heavy atom. The van der Waals surface area contributed by atoms with Gasteiger partial charge in [-0.2, -0.15) is 23.5 Å². The van der Waals surface area contributed by atoms with E-state index >= 15 is 0 Å². The lowest BCUT2D eigenvalue weighted by Gasteiger charge is -2.28. The number of fused-ring (bicyclic) bond motifs is 8. The van der Waals surface area contributed by atoms with Gasteiger partial charge in [0.25, 0.3) is 17.7 Å². The number of carbonyl (C=O) groups excluding carboxylic acids is 7. The Morgan fingerprint density at radius 3 is 1.67 bits per heavy atom. The Kier molecular flexibility index (Phi) is 20.0. The van der Waals surface area contributed by atoms with Crippen LogP contribution < -0.4 is 50.3 Å². The Bertz CT molecular complexity index is 3710. The molecule has 474 valence electrons. The second-order valence-corrected chi connectivity index (χ2v) is 25.9. The maximum absolute atomic E-state index is 14.2. The third kappa shape index (κ3) is 15.2. The van der Waals surface area contributed by atoms with Crippen LogP contribution in [0.1, 0.15) is 114 Å². The van der Waals surface area contributed by atoms with Gasteiger partial charge in [-0.25, -0.2) is 4.98 Å². The fourth-order valence-corrected chi connectivity index (χ4v) is 14.4. The molecular formula is C67H72N10O12S2. The van der Waals surface area contributed by atoms with E-state index in [-0.39, 0.29) is 85.5 Å². The molecule has 6 aliphatic rings. The summed E-state index contributed by atoms with van der Waals surface area (Å²) in [4.78, 5) is 112. The number of ether oxygens (including phenoxy) is 5. The van der Waals surface area contributed by atoms with E-state index in [2.05, 4.69) is 31.6 Å². The van der Waals surface area contributed by atoms with Gasteiger partial charge in [-0.3, -0.25) is 43.5 Å². The van der Waals surface area contributed by atoms with Gasteiger partial charge in [-0.15, -0.1) is 0 Å². The first-order valence-corrected chi connectivity index (χ1v) is 32.5. The molecule has 0 radical (unpaired) electrons.